The minimum atomic E-state index is 0. The maximum Gasteiger partial charge on any atom is 2.00 e. The molecular formula is C50H32N4Pt. The van der Waals surface area contributed by atoms with Crippen LogP contribution in [0.25, 0.3) is 72.8 Å². The van der Waals surface area contributed by atoms with Crippen molar-refractivity contribution in [1.29, 1.82) is 0 Å². The molecule has 9 aromatic rings. The molecule has 0 saturated heterocycles. The zero-order valence-corrected chi connectivity index (χ0v) is 31.9. The Morgan fingerprint density at radius 3 is 1.55 bits per heavy atom. The quantitative estimate of drug-likeness (QED) is 0.156. The Balaban J connectivity index is 0.00000397. The molecule has 0 atom stereocenters. The molecule has 4 nitrogen and oxygen atoms in total. The molecule has 0 spiro atoms. The van der Waals surface area contributed by atoms with Crippen molar-refractivity contribution in [2.24, 2.45) is 0 Å². The first-order chi connectivity index (χ1) is 26.8. The van der Waals surface area contributed by atoms with Crippen molar-refractivity contribution < 1.29 is 21.1 Å². The summed E-state index contributed by atoms with van der Waals surface area (Å²) < 4.78 is 2.16. The SMILES string of the molecule is [Pt+2].[c-]1c(-c2ccccn2)cccc1N(c1[c-]c(-c2nccn2-c2ccc3c(c2)-c2ccccc2-c2ccccc2-c2ccccc2-3)ccc1)c1ccccc1. The molecule has 0 amide bonds. The van der Waals surface area contributed by atoms with Crippen LogP contribution in [0, 0.1) is 12.1 Å². The fourth-order valence-corrected chi connectivity index (χ4v) is 7.67. The molecule has 262 valence electrons. The largest absolute Gasteiger partial charge is 2.00 e. The van der Waals surface area contributed by atoms with Crippen LogP contribution in [0.4, 0.5) is 17.1 Å². The van der Waals surface area contributed by atoms with Gasteiger partial charge in [-0.05, 0) is 91.9 Å². The van der Waals surface area contributed by atoms with Gasteiger partial charge in [0, 0.05) is 30.0 Å². The zero-order valence-electron chi connectivity index (χ0n) is 29.6. The van der Waals surface area contributed by atoms with Crippen LogP contribution in [0.2, 0.25) is 0 Å². The fraction of sp³-hybridized carbons (Fsp3) is 0. The van der Waals surface area contributed by atoms with Gasteiger partial charge in [0.25, 0.3) is 0 Å². The first kappa shape index (κ1) is 34.2. The molecule has 0 N–H and O–H groups in total. The first-order valence-electron chi connectivity index (χ1n) is 18.1. The molecule has 7 aromatic carbocycles. The number of pyridine rings is 1. The summed E-state index contributed by atoms with van der Waals surface area (Å²) in [5.41, 5.74) is 16.2. The summed E-state index contributed by atoms with van der Waals surface area (Å²) in [5.74, 6) is 0.806. The average molecular weight is 884 g/mol. The number of imidazole rings is 1. The van der Waals surface area contributed by atoms with E-state index in [1.807, 2.05) is 48.9 Å². The molecule has 2 heterocycles. The summed E-state index contributed by atoms with van der Waals surface area (Å²) in [4.78, 5) is 11.7. The Hall–Kier alpha value is -6.61. The molecule has 0 unspecified atom stereocenters. The normalized spacial score (nSPS) is 11.1. The van der Waals surface area contributed by atoms with Crippen molar-refractivity contribution in [3.8, 4) is 72.8 Å². The number of para-hydroxylation sites is 1. The van der Waals surface area contributed by atoms with Gasteiger partial charge in [0.05, 0.1) is 5.82 Å². The van der Waals surface area contributed by atoms with Gasteiger partial charge in [-0.15, -0.1) is 59.7 Å². The second kappa shape index (κ2) is 14.7. The predicted octanol–water partition coefficient (Wildman–Crippen LogP) is 12.7. The van der Waals surface area contributed by atoms with Gasteiger partial charge >= 0.3 is 21.1 Å². The number of rotatable bonds is 6. The van der Waals surface area contributed by atoms with Gasteiger partial charge in [-0.1, -0.05) is 109 Å². The molecule has 0 radical (unpaired) electrons. The number of benzene rings is 7. The van der Waals surface area contributed by atoms with Gasteiger partial charge in [0.2, 0.25) is 0 Å². The molecule has 0 bridgehead atoms. The van der Waals surface area contributed by atoms with Gasteiger partial charge in [-0.3, -0.25) is 4.98 Å². The third-order valence-corrected chi connectivity index (χ3v) is 10.1. The van der Waals surface area contributed by atoms with Crippen LogP contribution < -0.4 is 4.90 Å². The molecule has 0 aliphatic heterocycles. The van der Waals surface area contributed by atoms with Gasteiger partial charge in [0.15, 0.2) is 0 Å². The molecule has 55 heavy (non-hydrogen) atoms. The number of hydrogen-bond donors (Lipinski definition) is 0. The Bertz CT molecular complexity index is 2790. The van der Waals surface area contributed by atoms with Gasteiger partial charge < -0.3 is 14.5 Å². The molecule has 1 aliphatic rings. The van der Waals surface area contributed by atoms with E-state index >= 15 is 0 Å². The molecule has 1 aliphatic carbocycles. The summed E-state index contributed by atoms with van der Waals surface area (Å²) in [7, 11) is 0. The molecule has 0 saturated carbocycles. The van der Waals surface area contributed by atoms with Crippen molar-refractivity contribution in [1.82, 2.24) is 14.5 Å². The Labute approximate surface area is 335 Å². The number of fused-ring (bicyclic) bond motifs is 8. The topological polar surface area (TPSA) is 34.0 Å². The second-order valence-corrected chi connectivity index (χ2v) is 13.3. The van der Waals surface area contributed by atoms with Crippen LogP contribution in [0.3, 0.4) is 0 Å². The van der Waals surface area contributed by atoms with Crippen LogP contribution in [0.1, 0.15) is 0 Å². The van der Waals surface area contributed by atoms with Gasteiger partial charge in [-0.2, -0.15) is 0 Å². The molecule has 2 aromatic heterocycles. The number of aromatic nitrogens is 3. The maximum atomic E-state index is 4.92. The maximum absolute atomic E-state index is 4.92. The fourth-order valence-electron chi connectivity index (χ4n) is 7.67. The van der Waals surface area contributed by atoms with E-state index in [2.05, 4.69) is 172 Å². The monoisotopic (exact) mass is 883 g/mol. The summed E-state index contributed by atoms with van der Waals surface area (Å²) in [6.45, 7) is 0. The summed E-state index contributed by atoms with van der Waals surface area (Å²) in [6, 6.07) is 69.1. The van der Waals surface area contributed by atoms with E-state index in [4.69, 9.17) is 4.98 Å². The van der Waals surface area contributed by atoms with Crippen LogP contribution in [0.5, 0.6) is 0 Å². The van der Waals surface area contributed by atoms with Crippen molar-refractivity contribution in [3.05, 3.63) is 207 Å². The number of hydrogen-bond acceptors (Lipinski definition) is 3. The van der Waals surface area contributed by atoms with E-state index in [9.17, 15) is 0 Å². The van der Waals surface area contributed by atoms with E-state index in [0.717, 1.165) is 45.4 Å². The Morgan fingerprint density at radius 2 is 0.945 bits per heavy atom. The van der Waals surface area contributed by atoms with Crippen LogP contribution >= 0.6 is 0 Å². The second-order valence-electron chi connectivity index (χ2n) is 13.3. The summed E-state index contributed by atoms with van der Waals surface area (Å²) in [6.07, 6.45) is 5.71. The third kappa shape index (κ3) is 6.21. The average Bonchev–Trinajstić information content (AvgIpc) is 3.75. The number of nitrogens with zero attached hydrogens (tertiary/aromatic N) is 4. The van der Waals surface area contributed by atoms with Crippen molar-refractivity contribution >= 4 is 17.1 Å². The Kier molecular flexibility index (Phi) is 9.11. The van der Waals surface area contributed by atoms with E-state index in [0.29, 0.717) is 0 Å². The number of anilines is 3. The Morgan fingerprint density at radius 1 is 0.418 bits per heavy atom. The van der Waals surface area contributed by atoms with E-state index in [1.54, 1.807) is 0 Å². The molecule has 0 fully saturated rings. The van der Waals surface area contributed by atoms with Crippen molar-refractivity contribution in [2.75, 3.05) is 4.90 Å². The van der Waals surface area contributed by atoms with Crippen LogP contribution in [-0.4, -0.2) is 14.5 Å². The van der Waals surface area contributed by atoms with Crippen LogP contribution in [0.15, 0.2) is 195 Å². The minimum Gasteiger partial charge on any atom is -0.346 e. The van der Waals surface area contributed by atoms with Crippen molar-refractivity contribution in [3.63, 3.8) is 0 Å². The van der Waals surface area contributed by atoms with E-state index < -0.39 is 0 Å². The molecule has 5 heteroatoms. The smallest absolute Gasteiger partial charge is 0.346 e. The van der Waals surface area contributed by atoms with Crippen LogP contribution in [-0.2, 0) is 21.1 Å². The molecular weight excluding hydrogens is 852 g/mol. The summed E-state index contributed by atoms with van der Waals surface area (Å²) >= 11 is 0. The van der Waals surface area contributed by atoms with E-state index in [-0.39, 0.29) is 21.1 Å². The van der Waals surface area contributed by atoms with E-state index in [1.165, 1.54) is 44.5 Å². The van der Waals surface area contributed by atoms with Gasteiger partial charge in [0.1, 0.15) is 0 Å². The van der Waals surface area contributed by atoms with Crippen molar-refractivity contribution in [2.45, 2.75) is 0 Å². The predicted molar refractivity (Wildman–Crippen MR) is 220 cm³/mol. The zero-order chi connectivity index (χ0) is 35.8. The molecule has 10 rings (SSSR count). The third-order valence-electron chi connectivity index (χ3n) is 10.1. The standard InChI is InChI=1S/C50H32N4.Pt/c1-2-16-37(17-3-1)54(39-18-12-14-35(32-39)49-26-10-11-29-51-49)40-19-13-15-36(33-40)50-52-30-31-53(50)38-27-28-47-45-24-7-6-22-43(45)41-20-4-5-21-42(41)44-23-8-9-25-46(44)48(47)34-38;/h1-31,34H;/q-2;+2. The van der Waals surface area contributed by atoms with Gasteiger partial charge in [-0.25, -0.2) is 0 Å². The first-order valence-corrected chi connectivity index (χ1v) is 18.1. The summed E-state index contributed by atoms with van der Waals surface area (Å²) in [5, 5.41) is 0. The minimum absolute atomic E-state index is 0.